The largest absolute Gasteiger partial charge is 0.326 e. The van der Waals surface area contributed by atoms with Crippen LogP contribution >= 0.6 is 11.6 Å². The van der Waals surface area contributed by atoms with Gasteiger partial charge < -0.3 is 5.32 Å². The number of benzene rings is 2. The van der Waals surface area contributed by atoms with Gasteiger partial charge in [-0.05, 0) is 67.6 Å². The van der Waals surface area contributed by atoms with Gasteiger partial charge in [0.15, 0.2) is 0 Å². The van der Waals surface area contributed by atoms with Crippen LogP contribution in [0, 0.1) is 5.92 Å². The number of nitrogens with one attached hydrogen (secondary N) is 1. The summed E-state index contributed by atoms with van der Waals surface area (Å²) in [5, 5.41) is 3.39. The number of sulfonamides is 1. The third-order valence-corrected chi connectivity index (χ3v) is 6.86. The Bertz CT molecular complexity index is 953. The molecular weight excluding hydrogens is 372 g/mol. The molecular formula is C19H19ClN2O3S. The summed E-state index contributed by atoms with van der Waals surface area (Å²) in [5.41, 5.74) is 2.25. The first-order valence-corrected chi connectivity index (χ1v) is 10.5. The smallest absolute Gasteiger partial charge is 0.264 e. The maximum atomic E-state index is 13.1. The van der Waals surface area contributed by atoms with Crippen LogP contribution in [0.1, 0.15) is 24.8 Å². The second-order valence-electron chi connectivity index (χ2n) is 6.74. The molecule has 0 saturated heterocycles. The highest BCUT2D eigenvalue weighted by atomic mass is 35.5. The van der Waals surface area contributed by atoms with E-state index in [-0.39, 0.29) is 16.7 Å². The predicted molar refractivity (Wildman–Crippen MR) is 102 cm³/mol. The van der Waals surface area contributed by atoms with Crippen LogP contribution < -0.4 is 9.62 Å². The van der Waals surface area contributed by atoms with Crippen molar-refractivity contribution in [3.63, 3.8) is 0 Å². The normalized spacial score (nSPS) is 16.9. The summed E-state index contributed by atoms with van der Waals surface area (Å²) >= 11 is 5.88. The fourth-order valence-corrected chi connectivity index (χ4v) is 4.85. The van der Waals surface area contributed by atoms with E-state index in [0.717, 1.165) is 31.2 Å². The van der Waals surface area contributed by atoms with Gasteiger partial charge in [-0.3, -0.25) is 9.10 Å². The molecule has 0 aromatic heterocycles. The summed E-state index contributed by atoms with van der Waals surface area (Å²) in [5.74, 6) is 0.104. The Morgan fingerprint density at radius 3 is 2.54 bits per heavy atom. The number of carbonyl (C=O) groups is 1. The third-order valence-electron chi connectivity index (χ3n) is 4.78. The van der Waals surface area contributed by atoms with E-state index in [0.29, 0.717) is 22.9 Å². The zero-order valence-corrected chi connectivity index (χ0v) is 15.7. The summed E-state index contributed by atoms with van der Waals surface area (Å²) in [6.45, 7) is 0.415. The monoisotopic (exact) mass is 390 g/mol. The molecule has 136 valence electrons. The minimum absolute atomic E-state index is 0.00729. The molecule has 1 fully saturated rings. The van der Waals surface area contributed by atoms with Gasteiger partial charge in [0.2, 0.25) is 5.91 Å². The molecule has 1 N–H and O–H groups in total. The minimum atomic E-state index is -3.68. The number of hydrogen-bond donors (Lipinski definition) is 1. The highest BCUT2D eigenvalue weighted by Crippen LogP contribution is 2.35. The number of anilines is 2. The maximum absolute atomic E-state index is 13.1. The molecule has 2 aromatic rings. The summed E-state index contributed by atoms with van der Waals surface area (Å²) < 4.78 is 27.6. The van der Waals surface area contributed by atoms with E-state index >= 15 is 0 Å². The zero-order valence-electron chi connectivity index (χ0n) is 14.1. The maximum Gasteiger partial charge on any atom is 0.264 e. The average molecular weight is 391 g/mol. The molecule has 0 spiro atoms. The van der Waals surface area contributed by atoms with Crippen LogP contribution in [-0.2, 0) is 21.2 Å². The highest BCUT2D eigenvalue weighted by molar-refractivity contribution is 7.92. The van der Waals surface area contributed by atoms with Crippen molar-refractivity contribution in [2.24, 2.45) is 5.92 Å². The predicted octanol–water partition coefficient (Wildman–Crippen LogP) is 3.83. The lowest BCUT2D eigenvalue weighted by atomic mass is 10.0. The quantitative estimate of drug-likeness (QED) is 0.862. The minimum Gasteiger partial charge on any atom is -0.326 e. The number of hydrogen-bond acceptors (Lipinski definition) is 3. The molecule has 1 saturated carbocycles. The molecule has 0 bridgehead atoms. The number of carbonyl (C=O) groups excluding carboxylic acids is 1. The fourth-order valence-electron chi connectivity index (χ4n) is 3.19. The number of rotatable bonds is 4. The van der Waals surface area contributed by atoms with Crippen molar-refractivity contribution in [3.8, 4) is 0 Å². The lowest BCUT2D eigenvalue weighted by molar-refractivity contribution is -0.117. The van der Waals surface area contributed by atoms with Gasteiger partial charge in [-0.15, -0.1) is 0 Å². The Morgan fingerprint density at radius 2 is 1.85 bits per heavy atom. The van der Waals surface area contributed by atoms with Gasteiger partial charge in [-0.1, -0.05) is 17.7 Å². The molecule has 2 aliphatic rings. The van der Waals surface area contributed by atoms with E-state index in [1.54, 1.807) is 18.2 Å². The number of fused-ring (bicyclic) bond motifs is 1. The van der Waals surface area contributed by atoms with E-state index < -0.39 is 10.0 Å². The van der Waals surface area contributed by atoms with E-state index in [2.05, 4.69) is 5.32 Å². The number of nitrogens with zero attached hydrogens (tertiary/aromatic N) is 1. The van der Waals surface area contributed by atoms with Crippen molar-refractivity contribution in [3.05, 3.63) is 53.1 Å². The second-order valence-corrected chi connectivity index (χ2v) is 9.04. The SMILES string of the molecule is O=C(Nc1ccc2c(c1)N(S(=O)(=O)c1ccc(Cl)cc1)CCC2)C1CC1. The second kappa shape index (κ2) is 6.59. The van der Waals surface area contributed by atoms with Crippen molar-refractivity contribution < 1.29 is 13.2 Å². The summed E-state index contributed by atoms with van der Waals surface area (Å²) in [6, 6.07) is 11.7. The molecule has 0 atom stereocenters. The number of aryl methyl sites for hydroxylation is 1. The lowest BCUT2D eigenvalue weighted by Crippen LogP contribution is -2.35. The van der Waals surface area contributed by atoms with Gasteiger partial charge in [-0.25, -0.2) is 8.42 Å². The van der Waals surface area contributed by atoms with E-state index in [1.165, 1.54) is 16.4 Å². The molecule has 1 amide bonds. The van der Waals surface area contributed by atoms with Crippen molar-refractivity contribution in [1.82, 2.24) is 0 Å². The zero-order chi connectivity index (χ0) is 18.3. The first-order valence-electron chi connectivity index (χ1n) is 8.67. The van der Waals surface area contributed by atoms with Crippen molar-refractivity contribution in [2.45, 2.75) is 30.6 Å². The van der Waals surface area contributed by atoms with Crippen LogP contribution in [0.5, 0.6) is 0 Å². The third kappa shape index (κ3) is 3.31. The molecule has 0 unspecified atom stereocenters. The van der Waals surface area contributed by atoms with Gasteiger partial charge in [0.25, 0.3) is 10.0 Å². The first-order chi connectivity index (χ1) is 12.4. The van der Waals surface area contributed by atoms with Crippen LogP contribution in [0.3, 0.4) is 0 Å². The highest BCUT2D eigenvalue weighted by Gasteiger charge is 2.31. The summed E-state index contributed by atoms with van der Waals surface area (Å²) in [4.78, 5) is 12.2. The van der Waals surface area contributed by atoms with E-state index in [4.69, 9.17) is 11.6 Å². The Balaban J connectivity index is 1.69. The summed E-state index contributed by atoms with van der Waals surface area (Å²) in [7, 11) is -3.68. The van der Waals surface area contributed by atoms with E-state index in [9.17, 15) is 13.2 Å². The Kier molecular flexibility index (Phi) is 4.40. The van der Waals surface area contributed by atoms with Crippen LogP contribution in [0.2, 0.25) is 5.02 Å². The lowest BCUT2D eigenvalue weighted by Gasteiger charge is -2.31. The van der Waals surface area contributed by atoms with Crippen molar-refractivity contribution >= 4 is 38.9 Å². The number of amides is 1. The van der Waals surface area contributed by atoms with Gasteiger partial charge in [0.05, 0.1) is 10.6 Å². The Morgan fingerprint density at radius 1 is 1.12 bits per heavy atom. The molecule has 0 radical (unpaired) electrons. The molecule has 1 heterocycles. The average Bonchev–Trinajstić information content (AvgIpc) is 3.46. The van der Waals surface area contributed by atoms with Crippen LogP contribution in [0.25, 0.3) is 0 Å². The van der Waals surface area contributed by atoms with Gasteiger partial charge in [-0.2, -0.15) is 0 Å². The molecule has 26 heavy (non-hydrogen) atoms. The Hall–Kier alpha value is -2.05. The topological polar surface area (TPSA) is 66.5 Å². The van der Waals surface area contributed by atoms with Crippen molar-refractivity contribution in [1.29, 1.82) is 0 Å². The Labute approximate surface area is 158 Å². The first kappa shape index (κ1) is 17.4. The summed E-state index contributed by atoms with van der Waals surface area (Å²) in [6.07, 6.45) is 3.42. The molecule has 5 nitrogen and oxygen atoms in total. The fraction of sp³-hybridized carbons (Fsp3) is 0.316. The molecule has 2 aromatic carbocycles. The standard InChI is InChI=1S/C19H19ClN2O3S/c20-15-6-9-17(10-7-15)26(24,25)22-11-1-2-13-5-8-16(12-18(13)22)21-19(23)14-3-4-14/h5-10,12,14H,1-4,11H2,(H,21,23). The van der Waals surface area contributed by atoms with Crippen molar-refractivity contribution in [2.75, 3.05) is 16.2 Å². The molecule has 1 aliphatic carbocycles. The van der Waals surface area contributed by atoms with Gasteiger partial charge in [0.1, 0.15) is 0 Å². The van der Waals surface area contributed by atoms with Gasteiger partial charge in [0, 0.05) is 23.2 Å². The molecule has 7 heteroatoms. The van der Waals surface area contributed by atoms with Crippen LogP contribution in [-0.4, -0.2) is 20.9 Å². The van der Waals surface area contributed by atoms with Crippen LogP contribution in [0.15, 0.2) is 47.4 Å². The number of halogens is 1. The van der Waals surface area contributed by atoms with Crippen LogP contribution in [0.4, 0.5) is 11.4 Å². The van der Waals surface area contributed by atoms with E-state index in [1.807, 2.05) is 12.1 Å². The van der Waals surface area contributed by atoms with Gasteiger partial charge >= 0.3 is 0 Å². The molecule has 4 rings (SSSR count). The molecule has 1 aliphatic heterocycles.